The minimum absolute atomic E-state index is 0.171. The molecule has 1 N–H and O–H groups in total. The molecular formula is C24H14Cl2N2O2S. The number of anilines is 1. The van der Waals surface area contributed by atoms with Crippen LogP contribution in [0.1, 0.15) is 10.6 Å². The van der Waals surface area contributed by atoms with Crippen molar-refractivity contribution in [3.05, 3.63) is 94.7 Å². The number of aromatic nitrogens is 1. The first-order valence-corrected chi connectivity index (χ1v) is 11.0. The Hall–Kier alpha value is -3.12. The summed E-state index contributed by atoms with van der Waals surface area (Å²) in [6, 6.07) is 23.9. The van der Waals surface area contributed by atoms with Gasteiger partial charge in [0, 0.05) is 16.1 Å². The van der Waals surface area contributed by atoms with Crippen LogP contribution in [0.4, 0.5) is 5.69 Å². The van der Waals surface area contributed by atoms with Crippen LogP contribution in [0, 0.1) is 0 Å². The number of hydrogen-bond donors (Lipinski definition) is 1. The molecule has 7 heteroatoms. The molecule has 4 nitrogen and oxygen atoms in total. The second-order valence-electron chi connectivity index (χ2n) is 6.77. The minimum Gasteiger partial charge on any atom is -0.451 e. The summed E-state index contributed by atoms with van der Waals surface area (Å²) >= 11 is 13.9. The van der Waals surface area contributed by atoms with Crippen molar-refractivity contribution in [2.45, 2.75) is 0 Å². The topological polar surface area (TPSA) is 55.1 Å². The van der Waals surface area contributed by atoms with Crippen LogP contribution in [0.2, 0.25) is 10.0 Å². The summed E-state index contributed by atoms with van der Waals surface area (Å²) in [5.41, 5.74) is 3.06. The number of carbonyl (C=O) groups excluding carboxylic acids is 1. The van der Waals surface area contributed by atoms with Crippen molar-refractivity contribution in [3.8, 4) is 21.9 Å². The average molecular weight is 465 g/mol. The number of furan rings is 1. The van der Waals surface area contributed by atoms with E-state index >= 15 is 0 Å². The first-order valence-electron chi connectivity index (χ1n) is 9.40. The van der Waals surface area contributed by atoms with E-state index in [1.807, 2.05) is 48.5 Å². The third-order valence-electron chi connectivity index (χ3n) is 4.72. The molecule has 1 amide bonds. The number of hydrogen-bond acceptors (Lipinski definition) is 4. The lowest BCUT2D eigenvalue weighted by molar-refractivity contribution is 0.0997. The van der Waals surface area contributed by atoms with Crippen LogP contribution >= 0.6 is 34.5 Å². The molecule has 0 saturated heterocycles. The predicted octanol–water partition coefficient (Wildman–Crippen LogP) is 7.78. The Morgan fingerprint density at radius 1 is 0.903 bits per heavy atom. The van der Waals surface area contributed by atoms with Crippen LogP contribution in [0.15, 0.2) is 83.3 Å². The molecule has 5 rings (SSSR count). The highest BCUT2D eigenvalue weighted by atomic mass is 35.5. The van der Waals surface area contributed by atoms with E-state index in [1.165, 1.54) is 0 Å². The van der Waals surface area contributed by atoms with E-state index in [2.05, 4.69) is 5.32 Å². The number of amides is 1. The molecule has 0 atom stereocenters. The first-order chi connectivity index (χ1) is 15.1. The molecule has 0 spiro atoms. The lowest BCUT2D eigenvalue weighted by atomic mass is 10.2. The van der Waals surface area contributed by atoms with E-state index in [0.717, 1.165) is 20.8 Å². The highest BCUT2D eigenvalue weighted by Gasteiger charge is 2.17. The van der Waals surface area contributed by atoms with Crippen molar-refractivity contribution < 1.29 is 9.21 Å². The van der Waals surface area contributed by atoms with Gasteiger partial charge in [-0.15, -0.1) is 11.3 Å². The normalized spacial score (nSPS) is 11.0. The van der Waals surface area contributed by atoms with Gasteiger partial charge in [0.05, 0.1) is 20.9 Å². The van der Waals surface area contributed by atoms with Gasteiger partial charge in [-0.25, -0.2) is 4.98 Å². The maximum atomic E-state index is 12.9. The van der Waals surface area contributed by atoms with Crippen LogP contribution in [0.5, 0.6) is 0 Å². The van der Waals surface area contributed by atoms with Crippen molar-refractivity contribution >= 4 is 56.3 Å². The second-order valence-corrected chi connectivity index (χ2v) is 8.65. The predicted molar refractivity (Wildman–Crippen MR) is 127 cm³/mol. The Labute approximate surface area is 192 Å². The summed E-state index contributed by atoms with van der Waals surface area (Å²) in [4.78, 5) is 17.6. The Morgan fingerprint density at radius 2 is 1.71 bits per heavy atom. The highest BCUT2D eigenvalue weighted by molar-refractivity contribution is 7.21. The van der Waals surface area contributed by atoms with Gasteiger partial charge in [0.15, 0.2) is 5.76 Å². The number of para-hydroxylation sites is 2. The quantitative estimate of drug-likeness (QED) is 0.295. The van der Waals surface area contributed by atoms with Crippen LogP contribution in [0.25, 0.3) is 32.1 Å². The zero-order valence-corrected chi connectivity index (χ0v) is 18.3. The van der Waals surface area contributed by atoms with Gasteiger partial charge in [-0.05, 0) is 54.6 Å². The summed E-state index contributed by atoms with van der Waals surface area (Å²) < 4.78 is 6.86. The Bertz CT molecular complexity index is 1390. The summed E-state index contributed by atoms with van der Waals surface area (Å²) in [6.45, 7) is 0. The van der Waals surface area contributed by atoms with E-state index in [9.17, 15) is 4.79 Å². The molecule has 3 aromatic carbocycles. The number of fused-ring (bicyclic) bond motifs is 1. The van der Waals surface area contributed by atoms with E-state index in [-0.39, 0.29) is 11.7 Å². The molecule has 5 aromatic rings. The molecule has 0 saturated carbocycles. The first kappa shape index (κ1) is 19.8. The molecule has 2 aromatic heterocycles. The lowest BCUT2D eigenvalue weighted by Crippen LogP contribution is -2.11. The Balaban J connectivity index is 1.44. The maximum absolute atomic E-state index is 12.9. The summed E-state index contributed by atoms with van der Waals surface area (Å²) in [5, 5.41) is 4.80. The van der Waals surface area contributed by atoms with E-state index in [4.69, 9.17) is 32.6 Å². The highest BCUT2D eigenvalue weighted by Crippen LogP contribution is 2.35. The van der Waals surface area contributed by atoms with Crippen molar-refractivity contribution in [3.63, 3.8) is 0 Å². The fourth-order valence-electron chi connectivity index (χ4n) is 3.24. The number of thiazole rings is 1. The molecule has 152 valence electrons. The van der Waals surface area contributed by atoms with Crippen molar-refractivity contribution in [1.29, 1.82) is 0 Å². The van der Waals surface area contributed by atoms with E-state index < -0.39 is 0 Å². The largest absolute Gasteiger partial charge is 0.451 e. The van der Waals surface area contributed by atoms with Crippen LogP contribution in [0.3, 0.4) is 0 Å². The fraction of sp³-hybridized carbons (Fsp3) is 0. The van der Waals surface area contributed by atoms with Gasteiger partial charge < -0.3 is 9.73 Å². The molecule has 0 unspecified atom stereocenters. The third-order valence-corrected chi connectivity index (χ3v) is 6.36. The molecule has 31 heavy (non-hydrogen) atoms. The van der Waals surface area contributed by atoms with Gasteiger partial charge in [-0.1, -0.05) is 47.5 Å². The number of nitrogens with zero attached hydrogens (tertiary/aromatic N) is 1. The van der Waals surface area contributed by atoms with Crippen molar-refractivity contribution in [2.24, 2.45) is 0 Å². The zero-order chi connectivity index (χ0) is 21.4. The van der Waals surface area contributed by atoms with E-state index in [1.54, 1.807) is 41.7 Å². The zero-order valence-electron chi connectivity index (χ0n) is 15.9. The van der Waals surface area contributed by atoms with Crippen molar-refractivity contribution in [1.82, 2.24) is 4.98 Å². The van der Waals surface area contributed by atoms with Crippen molar-refractivity contribution in [2.75, 3.05) is 5.32 Å². The van der Waals surface area contributed by atoms with Crippen LogP contribution in [-0.2, 0) is 0 Å². The number of benzene rings is 3. The number of carbonyl (C=O) groups is 1. The number of halogens is 2. The fourth-order valence-corrected chi connectivity index (χ4v) is 4.63. The van der Waals surface area contributed by atoms with Crippen LogP contribution in [-0.4, -0.2) is 10.9 Å². The smallest absolute Gasteiger partial charge is 0.291 e. The van der Waals surface area contributed by atoms with Gasteiger partial charge in [-0.2, -0.15) is 0 Å². The average Bonchev–Trinajstić information content (AvgIpc) is 3.43. The molecular weight excluding hydrogens is 451 g/mol. The number of rotatable bonds is 4. The summed E-state index contributed by atoms with van der Waals surface area (Å²) in [7, 11) is 0. The van der Waals surface area contributed by atoms with Gasteiger partial charge in [-0.3, -0.25) is 4.79 Å². The standard InChI is InChI=1S/C24H14Cl2N2O2S/c25-14-9-10-17(26)16(13-14)20-11-12-21(30-20)23(29)27-18-6-2-1-5-15(18)24-28-19-7-3-4-8-22(19)31-24/h1-13H,(H,27,29). The van der Waals surface area contributed by atoms with E-state index in [0.29, 0.717) is 27.1 Å². The monoisotopic (exact) mass is 464 g/mol. The van der Waals surface area contributed by atoms with Gasteiger partial charge >= 0.3 is 0 Å². The molecule has 2 heterocycles. The third kappa shape index (κ3) is 3.95. The number of nitrogens with one attached hydrogen (secondary N) is 1. The second kappa shape index (κ2) is 8.19. The summed E-state index contributed by atoms with van der Waals surface area (Å²) in [5.74, 6) is 0.278. The van der Waals surface area contributed by atoms with Gasteiger partial charge in [0.25, 0.3) is 5.91 Å². The molecule has 0 aliphatic rings. The minimum atomic E-state index is -0.363. The molecule has 0 radical (unpaired) electrons. The maximum Gasteiger partial charge on any atom is 0.291 e. The lowest BCUT2D eigenvalue weighted by Gasteiger charge is -2.08. The summed E-state index contributed by atoms with van der Waals surface area (Å²) in [6.07, 6.45) is 0. The Morgan fingerprint density at radius 3 is 2.58 bits per heavy atom. The SMILES string of the molecule is O=C(Nc1ccccc1-c1nc2ccccc2s1)c1ccc(-c2cc(Cl)ccc2Cl)o1. The van der Waals surface area contributed by atoms with Gasteiger partial charge in [0.1, 0.15) is 10.8 Å². The molecule has 0 aliphatic carbocycles. The molecule has 0 bridgehead atoms. The molecule has 0 fully saturated rings. The van der Waals surface area contributed by atoms with Crippen LogP contribution < -0.4 is 5.32 Å². The molecule has 0 aliphatic heterocycles. The van der Waals surface area contributed by atoms with Gasteiger partial charge in [0.2, 0.25) is 0 Å². The Kier molecular flexibility index (Phi) is 5.24.